The van der Waals surface area contributed by atoms with Crippen LogP contribution in [0.2, 0.25) is 0 Å². The number of aryl methyl sites for hydroxylation is 2. The van der Waals surface area contributed by atoms with Crippen molar-refractivity contribution in [3.8, 4) is 0 Å². The molecule has 2 N–H and O–H groups in total. The van der Waals surface area contributed by atoms with E-state index in [0.717, 1.165) is 26.5 Å². The predicted octanol–water partition coefficient (Wildman–Crippen LogP) is 2.58. The minimum absolute atomic E-state index is 0.0511. The number of sulfonamides is 1. The second kappa shape index (κ2) is 8.27. The molecule has 0 aliphatic heterocycles. The van der Waals surface area contributed by atoms with Gasteiger partial charge in [-0.2, -0.15) is 0 Å². The van der Waals surface area contributed by atoms with E-state index in [1.54, 1.807) is 0 Å². The number of benzene rings is 1. The number of hydrogen-bond donors (Lipinski definition) is 2. The largest absolute Gasteiger partial charge is 0.325 e. The van der Waals surface area contributed by atoms with Crippen molar-refractivity contribution in [2.24, 2.45) is 0 Å². The van der Waals surface area contributed by atoms with Gasteiger partial charge in [0.2, 0.25) is 15.9 Å². The Morgan fingerprint density at radius 1 is 1.24 bits per heavy atom. The molecule has 0 unspecified atom stereocenters. The number of nitrogens with zero attached hydrogens (tertiary/aromatic N) is 2. The first-order valence-electron chi connectivity index (χ1n) is 8.55. The van der Waals surface area contributed by atoms with Gasteiger partial charge in [0, 0.05) is 24.7 Å². The Bertz CT molecular complexity index is 1230. The highest BCUT2D eigenvalue weighted by atomic mass is 32.2. The topological polar surface area (TPSA) is 112 Å². The van der Waals surface area contributed by atoms with Gasteiger partial charge >= 0.3 is 0 Å². The second-order valence-corrected chi connectivity index (χ2v) is 10.8. The van der Waals surface area contributed by atoms with Crippen LogP contribution < -0.4 is 10.9 Å². The van der Waals surface area contributed by atoms with Gasteiger partial charge in [0.1, 0.15) is 4.83 Å². The lowest BCUT2D eigenvalue weighted by Gasteiger charge is -2.12. The van der Waals surface area contributed by atoms with E-state index in [0.29, 0.717) is 21.1 Å². The molecule has 0 fully saturated rings. The number of anilines is 1. The van der Waals surface area contributed by atoms with Gasteiger partial charge in [-0.15, -0.1) is 11.3 Å². The predicted molar refractivity (Wildman–Crippen MR) is 116 cm³/mol. The molecule has 1 aromatic carbocycles. The van der Waals surface area contributed by atoms with Gasteiger partial charge in [-0.1, -0.05) is 11.8 Å². The van der Waals surface area contributed by atoms with Crippen molar-refractivity contribution < 1.29 is 13.2 Å². The van der Waals surface area contributed by atoms with Gasteiger partial charge in [-0.05, 0) is 43.7 Å². The van der Waals surface area contributed by atoms with Crippen molar-refractivity contribution in [2.45, 2.75) is 23.9 Å². The van der Waals surface area contributed by atoms with Crippen molar-refractivity contribution in [1.82, 2.24) is 14.3 Å². The number of hydrogen-bond acceptors (Lipinski definition) is 7. The van der Waals surface area contributed by atoms with Crippen LogP contribution in [0.5, 0.6) is 0 Å². The van der Waals surface area contributed by atoms with E-state index in [1.165, 1.54) is 49.7 Å². The van der Waals surface area contributed by atoms with Gasteiger partial charge in [0.15, 0.2) is 5.16 Å². The molecule has 0 atom stereocenters. The second-order valence-electron chi connectivity index (χ2n) is 6.48. The Balaban J connectivity index is 1.66. The third-order valence-electron chi connectivity index (χ3n) is 4.27. The first-order chi connectivity index (χ1) is 13.6. The molecule has 8 nitrogen and oxygen atoms in total. The number of H-pyrrole nitrogens is 1. The number of aromatic nitrogens is 2. The maximum atomic E-state index is 12.3. The number of aromatic amines is 1. The summed E-state index contributed by atoms with van der Waals surface area (Å²) in [4.78, 5) is 33.5. The van der Waals surface area contributed by atoms with Crippen molar-refractivity contribution in [2.75, 3.05) is 25.2 Å². The first kappa shape index (κ1) is 21.5. The molecule has 0 aliphatic rings. The van der Waals surface area contributed by atoms with Gasteiger partial charge in [0.05, 0.1) is 16.0 Å². The highest BCUT2D eigenvalue weighted by Gasteiger charge is 2.17. The number of rotatable bonds is 6. The van der Waals surface area contributed by atoms with Crippen LogP contribution in [0.3, 0.4) is 0 Å². The zero-order valence-corrected chi connectivity index (χ0v) is 18.7. The SMILES string of the molecule is Cc1sc2nc(SCC(=O)Nc3ccc(S(=O)(=O)N(C)C)cc3)[nH]c(=O)c2c1C. The average Bonchev–Trinajstić information content (AvgIpc) is 2.94. The van der Waals surface area contributed by atoms with E-state index in [2.05, 4.69) is 15.3 Å². The number of thioether (sulfide) groups is 1. The minimum atomic E-state index is -3.52. The van der Waals surface area contributed by atoms with Crippen LogP contribution in [-0.2, 0) is 14.8 Å². The highest BCUT2D eigenvalue weighted by molar-refractivity contribution is 7.99. The van der Waals surface area contributed by atoms with E-state index in [4.69, 9.17) is 0 Å². The fourth-order valence-electron chi connectivity index (χ4n) is 2.56. The first-order valence-corrected chi connectivity index (χ1v) is 11.8. The lowest BCUT2D eigenvalue weighted by atomic mass is 10.2. The molecule has 154 valence electrons. The van der Waals surface area contributed by atoms with Crippen LogP contribution in [0.25, 0.3) is 10.2 Å². The molecule has 0 bridgehead atoms. The molecular weight excluding hydrogens is 432 g/mol. The summed E-state index contributed by atoms with van der Waals surface area (Å²) >= 11 is 2.58. The van der Waals surface area contributed by atoms with E-state index < -0.39 is 10.0 Å². The van der Waals surface area contributed by atoms with Gasteiger partial charge < -0.3 is 10.3 Å². The molecule has 0 saturated heterocycles. The number of carbonyl (C=O) groups is 1. The summed E-state index contributed by atoms with van der Waals surface area (Å²) in [5, 5.41) is 3.67. The molecule has 11 heteroatoms. The highest BCUT2D eigenvalue weighted by Crippen LogP contribution is 2.27. The standard InChI is InChI=1S/C18H20N4O4S3/c1-10-11(2)28-17-15(10)16(24)20-18(21-17)27-9-14(23)19-12-5-7-13(8-6-12)29(25,26)22(3)4/h5-8H,9H2,1-4H3,(H,19,23)(H,20,21,24). The molecule has 0 aliphatic carbocycles. The maximum Gasteiger partial charge on any atom is 0.260 e. The van der Waals surface area contributed by atoms with Crippen LogP contribution in [0, 0.1) is 13.8 Å². The number of carbonyl (C=O) groups excluding carboxylic acids is 1. The van der Waals surface area contributed by atoms with Crippen LogP contribution in [0.4, 0.5) is 5.69 Å². The quantitative estimate of drug-likeness (QED) is 0.439. The smallest absolute Gasteiger partial charge is 0.260 e. The Kier molecular flexibility index (Phi) is 6.13. The zero-order valence-electron chi connectivity index (χ0n) is 16.3. The molecule has 3 aromatic rings. The maximum absolute atomic E-state index is 12.3. The fraction of sp³-hybridized carbons (Fsp3) is 0.278. The molecule has 29 heavy (non-hydrogen) atoms. The van der Waals surface area contributed by atoms with Crippen molar-refractivity contribution in [1.29, 1.82) is 0 Å². The molecule has 3 rings (SSSR count). The Morgan fingerprint density at radius 3 is 2.52 bits per heavy atom. The molecule has 0 spiro atoms. The number of thiophene rings is 1. The molecular formula is C18H20N4O4S3. The summed E-state index contributed by atoms with van der Waals surface area (Å²) in [6.07, 6.45) is 0. The summed E-state index contributed by atoms with van der Waals surface area (Å²) in [5.41, 5.74) is 1.19. The Labute approximate surface area is 176 Å². The zero-order chi connectivity index (χ0) is 21.3. The van der Waals surface area contributed by atoms with Crippen LogP contribution in [0.15, 0.2) is 39.1 Å². The summed E-state index contributed by atoms with van der Waals surface area (Å²) in [6.45, 7) is 3.83. The molecule has 1 amide bonds. The number of nitrogens with one attached hydrogen (secondary N) is 2. The average molecular weight is 453 g/mol. The van der Waals surface area contributed by atoms with Crippen molar-refractivity contribution >= 4 is 54.9 Å². The normalized spacial score (nSPS) is 11.9. The van der Waals surface area contributed by atoms with E-state index in [-0.39, 0.29) is 22.1 Å². The van der Waals surface area contributed by atoms with Crippen LogP contribution in [0.1, 0.15) is 10.4 Å². The fourth-order valence-corrected chi connectivity index (χ4v) is 5.21. The summed E-state index contributed by atoms with van der Waals surface area (Å²) in [6, 6.07) is 5.93. The molecule has 0 saturated carbocycles. The molecule has 2 aromatic heterocycles. The van der Waals surface area contributed by atoms with Crippen molar-refractivity contribution in [3.63, 3.8) is 0 Å². The van der Waals surface area contributed by atoms with Crippen molar-refractivity contribution in [3.05, 3.63) is 45.1 Å². The van der Waals surface area contributed by atoms with Gasteiger partial charge in [0.25, 0.3) is 5.56 Å². The number of fused-ring (bicyclic) bond motifs is 1. The van der Waals surface area contributed by atoms with Gasteiger partial charge in [-0.3, -0.25) is 9.59 Å². The monoisotopic (exact) mass is 452 g/mol. The van der Waals surface area contributed by atoms with E-state index >= 15 is 0 Å². The summed E-state index contributed by atoms with van der Waals surface area (Å²) in [7, 11) is -0.606. The molecule has 2 heterocycles. The summed E-state index contributed by atoms with van der Waals surface area (Å²) < 4.78 is 25.3. The lowest BCUT2D eigenvalue weighted by molar-refractivity contribution is -0.113. The minimum Gasteiger partial charge on any atom is -0.325 e. The third-order valence-corrected chi connectivity index (χ3v) is 8.08. The van der Waals surface area contributed by atoms with E-state index in [1.807, 2.05) is 13.8 Å². The third kappa shape index (κ3) is 4.53. The van der Waals surface area contributed by atoms with E-state index in [9.17, 15) is 18.0 Å². The Hall–Kier alpha value is -2.21. The Morgan fingerprint density at radius 2 is 1.90 bits per heavy atom. The van der Waals surface area contributed by atoms with Gasteiger partial charge in [-0.25, -0.2) is 17.7 Å². The van der Waals surface area contributed by atoms with Crippen LogP contribution in [-0.4, -0.2) is 48.4 Å². The lowest BCUT2D eigenvalue weighted by Crippen LogP contribution is -2.22. The summed E-state index contributed by atoms with van der Waals surface area (Å²) in [5.74, 6) is -0.241. The van der Waals surface area contributed by atoms with Crippen LogP contribution >= 0.6 is 23.1 Å². The molecule has 0 radical (unpaired) electrons. The number of amides is 1.